The number of hydrogen-bond acceptors (Lipinski definition) is 4. The first-order valence-electron chi connectivity index (χ1n) is 10.1. The first-order chi connectivity index (χ1) is 14.2. The van der Waals surface area contributed by atoms with Crippen LogP contribution in [0.15, 0.2) is 48.0 Å². The van der Waals surface area contributed by atoms with Crippen molar-refractivity contribution in [1.82, 2.24) is 0 Å². The maximum Gasteiger partial charge on any atom is 0.338 e. The van der Waals surface area contributed by atoms with E-state index in [-0.39, 0.29) is 11.5 Å². The predicted octanol–water partition coefficient (Wildman–Crippen LogP) is 5.89. The third kappa shape index (κ3) is 3.93. The average molecular weight is 384 g/mol. The Bertz CT molecular complexity index is 1020. The molecule has 4 heteroatoms. The first kappa shape index (κ1) is 20.4. The first-order valence-corrected chi connectivity index (χ1v) is 10.1. The van der Waals surface area contributed by atoms with Crippen LogP contribution in [-0.2, 0) is 4.74 Å². The van der Waals surface area contributed by atoms with Crippen LogP contribution in [-0.4, -0.2) is 12.6 Å². The number of nitrogens with zero attached hydrogens (tertiary/aromatic N) is 2. The minimum absolute atomic E-state index is 0.0485. The number of fused-ring (bicyclic) bond motifs is 3. The van der Waals surface area contributed by atoms with Crippen LogP contribution in [0.4, 0.5) is 0 Å². The number of unbranched alkanes of at least 4 members (excludes halogenated alkanes) is 1. The zero-order valence-electron chi connectivity index (χ0n) is 16.9. The number of esters is 1. The molecule has 3 rings (SSSR count). The molecular formula is C25H24N2O2. The third-order valence-electron chi connectivity index (χ3n) is 5.49. The largest absolute Gasteiger partial charge is 0.462 e. The fourth-order valence-corrected chi connectivity index (χ4v) is 3.86. The van der Waals surface area contributed by atoms with E-state index in [4.69, 9.17) is 4.74 Å². The second-order valence-corrected chi connectivity index (χ2v) is 7.26. The Balaban J connectivity index is 2.00. The molecule has 0 aromatic heterocycles. The maximum absolute atomic E-state index is 13.0. The Morgan fingerprint density at radius 1 is 1.00 bits per heavy atom. The summed E-state index contributed by atoms with van der Waals surface area (Å²) in [7, 11) is 0. The van der Waals surface area contributed by atoms with Crippen molar-refractivity contribution in [3.8, 4) is 23.3 Å². The lowest BCUT2D eigenvalue weighted by atomic mass is 9.97. The molecule has 2 aromatic carbocycles. The molecule has 0 saturated heterocycles. The number of rotatable bonds is 7. The second kappa shape index (κ2) is 9.22. The molecule has 0 spiro atoms. The summed E-state index contributed by atoms with van der Waals surface area (Å²) in [5.74, 6) is 0.00509. The number of nitriles is 2. The van der Waals surface area contributed by atoms with E-state index in [1.165, 1.54) is 0 Å². The van der Waals surface area contributed by atoms with Gasteiger partial charge in [0, 0.05) is 11.1 Å². The second-order valence-electron chi connectivity index (χ2n) is 7.26. The van der Waals surface area contributed by atoms with Crippen LogP contribution in [0.5, 0.6) is 0 Å². The molecule has 0 radical (unpaired) electrons. The van der Waals surface area contributed by atoms with Crippen LogP contribution in [0.1, 0.15) is 61.0 Å². The van der Waals surface area contributed by atoms with Crippen molar-refractivity contribution in [1.29, 1.82) is 10.5 Å². The molecular weight excluding hydrogens is 360 g/mol. The molecule has 4 nitrogen and oxygen atoms in total. The number of benzene rings is 2. The van der Waals surface area contributed by atoms with Crippen molar-refractivity contribution in [2.45, 2.75) is 39.5 Å². The number of carbonyl (C=O) groups excluding carboxylic acids is 1. The monoisotopic (exact) mass is 384 g/mol. The molecule has 0 bridgehead atoms. The van der Waals surface area contributed by atoms with Gasteiger partial charge in [0.1, 0.15) is 17.7 Å². The van der Waals surface area contributed by atoms with Gasteiger partial charge in [-0.2, -0.15) is 10.5 Å². The SMILES string of the molecule is CCCCC(CC)COC(=O)c1cccc2c1-c1ccccc1C2=C(C#N)C#N. The lowest BCUT2D eigenvalue weighted by molar-refractivity contribution is 0.0429. The van der Waals surface area contributed by atoms with Crippen molar-refractivity contribution in [2.75, 3.05) is 6.61 Å². The summed E-state index contributed by atoms with van der Waals surface area (Å²) in [4.78, 5) is 13.0. The molecule has 0 N–H and O–H groups in total. The fraction of sp³-hybridized carbons (Fsp3) is 0.320. The van der Waals surface area contributed by atoms with E-state index in [9.17, 15) is 15.3 Å². The van der Waals surface area contributed by atoms with Gasteiger partial charge < -0.3 is 4.74 Å². The van der Waals surface area contributed by atoms with Crippen LogP contribution in [0, 0.1) is 28.6 Å². The lowest BCUT2D eigenvalue weighted by Gasteiger charge is -2.15. The smallest absolute Gasteiger partial charge is 0.338 e. The number of allylic oxidation sites excluding steroid dienone is 1. The highest BCUT2D eigenvalue weighted by Crippen LogP contribution is 2.47. The van der Waals surface area contributed by atoms with Gasteiger partial charge in [-0.1, -0.05) is 69.5 Å². The van der Waals surface area contributed by atoms with Crippen LogP contribution in [0.25, 0.3) is 16.7 Å². The summed E-state index contributed by atoms with van der Waals surface area (Å²) < 4.78 is 5.68. The van der Waals surface area contributed by atoms with Crippen molar-refractivity contribution >= 4 is 11.5 Å². The van der Waals surface area contributed by atoms with E-state index in [0.29, 0.717) is 23.7 Å². The standard InChI is InChI=1S/C25H24N2O2/c1-3-5-9-17(4-2)16-29-25(28)22-13-8-12-21-23(18(14-26)15-27)19-10-6-7-11-20(19)24(21)22/h6-8,10-13,17H,3-5,9,16H2,1-2H3. The summed E-state index contributed by atoms with van der Waals surface area (Å²) >= 11 is 0. The van der Waals surface area contributed by atoms with Gasteiger partial charge in [0.15, 0.2) is 0 Å². The van der Waals surface area contributed by atoms with E-state index < -0.39 is 0 Å². The highest BCUT2D eigenvalue weighted by atomic mass is 16.5. The molecule has 0 fully saturated rings. The van der Waals surface area contributed by atoms with Gasteiger partial charge in [-0.05, 0) is 35.1 Å². The van der Waals surface area contributed by atoms with E-state index in [1.54, 1.807) is 12.1 Å². The van der Waals surface area contributed by atoms with Gasteiger partial charge in [-0.15, -0.1) is 0 Å². The molecule has 1 atom stereocenters. The topological polar surface area (TPSA) is 73.9 Å². The Labute approximate surface area is 172 Å². The molecule has 146 valence electrons. The van der Waals surface area contributed by atoms with Crippen LogP contribution in [0.2, 0.25) is 0 Å². The third-order valence-corrected chi connectivity index (χ3v) is 5.49. The molecule has 0 saturated carbocycles. The van der Waals surface area contributed by atoms with E-state index in [2.05, 4.69) is 13.8 Å². The van der Waals surface area contributed by atoms with Crippen molar-refractivity contribution in [3.63, 3.8) is 0 Å². The van der Waals surface area contributed by atoms with Crippen molar-refractivity contribution in [3.05, 3.63) is 64.7 Å². The Hall–Kier alpha value is -3.37. The Morgan fingerprint density at radius 2 is 1.69 bits per heavy atom. The summed E-state index contributed by atoms with van der Waals surface area (Å²) in [6, 6.07) is 16.9. The fourth-order valence-electron chi connectivity index (χ4n) is 3.86. The van der Waals surface area contributed by atoms with Gasteiger partial charge in [0.2, 0.25) is 0 Å². The average Bonchev–Trinajstić information content (AvgIpc) is 3.09. The van der Waals surface area contributed by atoms with Crippen LogP contribution in [0.3, 0.4) is 0 Å². The van der Waals surface area contributed by atoms with Gasteiger partial charge in [0.05, 0.1) is 12.2 Å². The maximum atomic E-state index is 13.0. The molecule has 0 heterocycles. The highest BCUT2D eigenvalue weighted by molar-refractivity contribution is 6.10. The predicted molar refractivity (Wildman–Crippen MR) is 113 cm³/mol. The number of hydrogen-bond donors (Lipinski definition) is 0. The summed E-state index contributed by atoms with van der Waals surface area (Å²) in [6.45, 7) is 4.68. The molecule has 29 heavy (non-hydrogen) atoms. The Kier molecular flexibility index (Phi) is 6.47. The van der Waals surface area contributed by atoms with Crippen molar-refractivity contribution in [2.24, 2.45) is 5.92 Å². The number of ether oxygens (including phenoxy) is 1. The quantitative estimate of drug-likeness (QED) is 0.376. The highest BCUT2D eigenvalue weighted by Gasteiger charge is 2.30. The normalized spacial score (nSPS) is 12.3. The molecule has 1 aliphatic carbocycles. The van der Waals surface area contributed by atoms with Gasteiger partial charge >= 0.3 is 5.97 Å². The van der Waals surface area contributed by atoms with Gasteiger partial charge in [0.25, 0.3) is 0 Å². The molecule has 1 unspecified atom stereocenters. The summed E-state index contributed by atoms with van der Waals surface area (Å²) in [6.07, 6.45) is 4.28. The summed E-state index contributed by atoms with van der Waals surface area (Å²) in [5, 5.41) is 18.9. The minimum Gasteiger partial charge on any atom is -0.462 e. The van der Waals surface area contributed by atoms with Crippen LogP contribution < -0.4 is 0 Å². The Morgan fingerprint density at radius 3 is 2.34 bits per heavy atom. The summed E-state index contributed by atoms with van der Waals surface area (Å²) in [5.41, 5.74) is 4.24. The molecule has 2 aromatic rings. The van der Waals surface area contributed by atoms with Gasteiger partial charge in [-0.25, -0.2) is 4.79 Å². The van der Waals surface area contributed by atoms with E-state index in [0.717, 1.165) is 47.9 Å². The minimum atomic E-state index is -0.358. The lowest BCUT2D eigenvalue weighted by Crippen LogP contribution is -2.14. The van der Waals surface area contributed by atoms with E-state index in [1.807, 2.05) is 42.5 Å². The molecule has 1 aliphatic rings. The van der Waals surface area contributed by atoms with Crippen molar-refractivity contribution < 1.29 is 9.53 Å². The number of carbonyl (C=O) groups is 1. The molecule has 0 amide bonds. The molecule has 0 aliphatic heterocycles. The zero-order valence-corrected chi connectivity index (χ0v) is 16.9. The van der Waals surface area contributed by atoms with Gasteiger partial charge in [-0.3, -0.25) is 0 Å². The zero-order chi connectivity index (χ0) is 20.8. The van der Waals surface area contributed by atoms with E-state index >= 15 is 0 Å². The van der Waals surface area contributed by atoms with Crippen LogP contribution >= 0.6 is 0 Å².